The van der Waals surface area contributed by atoms with Gasteiger partial charge in [-0.25, -0.2) is 0 Å². The number of hydrogen-bond donors (Lipinski definition) is 2. The lowest BCUT2D eigenvalue weighted by Gasteiger charge is -2.09. The van der Waals surface area contributed by atoms with Gasteiger partial charge in [-0.05, 0) is 36.8 Å². The van der Waals surface area contributed by atoms with E-state index in [1.54, 1.807) is 0 Å². The Balaban J connectivity index is 1.80. The maximum absolute atomic E-state index is 11.6. The average molecular weight is 262 g/mol. The van der Waals surface area contributed by atoms with Gasteiger partial charge in [0.05, 0.1) is 6.10 Å². The second-order valence-corrected chi connectivity index (χ2v) is 5.46. The molecule has 1 aliphatic rings. The number of rotatable bonds is 3. The number of nitrogens with one attached hydrogen (secondary N) is 1. The van der Waals surface area contributed by atoms with Gasteiger partial charge in [0.2, 0.25) is 9.47 Å². The van der Waals surface area contributed by atoms with E-state index in [0.29, 0.717) is 12.5 Å². The Morgan fingerprint density at radius 2 is 2.38 bits per heavy atom. The molecule has 7 heteroatoms. The molecule has 1 aliphatic carbocycles. The predicted molar refractivity (Wildman–Crippen MR) is 60.6 cm³/mol. The van der Waals surface area contributed by atoms with Crippen LogP contribution in [-0.2, 0) is 0 Å². The molecule has 1 aromatic heterocycles. The van der Waals surface area contributed by atoms with Crippen molar-refractivity contribution in [1.82, 2.24) is 15.5 Å². The van der Waals surface area contributed by atoms with Gasteiger partial charge in [0.1, 0.15) is 0 Å². The SMILES string of the molecule is O=C(NCC1CCC(O)C1)c1nnc(Cl)s1. The summed E-state index contributed by atoms with van der Waals surface area (Å²) in [5.41, 5.74) is 0. The molecule has 5 nitrogen and oxygen atoms in total. The van der Waals surface area contributed by atoms with Crippen LogP contribution in [0.5, 0.6) is 0 Å². The fourth-order valence-corrected chi connectivity index (χ4v) is 2.59. The second kappa shape index (κ2) is 5.07. The highest BCUT2D eigenvalue weighted by molar-refractivity contribution is 7.17. The molecule has 2 unspecified atom stereocenters. The summed E-state index contributed by atoms with van der Waals surface area (Å²) < 4.78 is 0.265. The molecule has 0 radical (unpaired) electrons. The van der Waals surface area contributed by atoms with E-state index in [1.807, 2.05) is 0 Å². The van der Waals surface area contributed by atoms with Crippen LogP contribution in [0.15, 0.2) is 0 Å². The molecular weight excluding hydrogens is 250 g/mol. The molecule has 1 amide bonds. The largest absolute Gasteiger partial charge is 0.393 e. The number of aliphatic hydroxyl groups excluding tert-OH is 1. The molecule has 1 fully saturated rings. The van der Waals surface area contributed by atoms with Crippen LogP contribution in [0.2, 0.25) is 4.47 Å². The van der Waals surface area contributed by atoms with Gasteiger partial charge in [-0.1, -0.05) is 11.3 Å². The molecule has 2 rings (SSSR count). The average Bonchev–Trinajstić information content (AvgIpc) is 2.84. The molecule has 1 saturated carbocycles. The normalized spacial score (nSPS) is 24.6. The molecule has 0 saturated heterocycles. The topological polar surface area (TPSA) is 75.1 Å². The van der Waals surface area contributed by atoms with Crippen LogP contribution in [0.1, 0.15) is 29.1 Å². The molecule has 88 valence electrons. The number of hydrogen-bond acceptors (Lipinski definition) is 5. The van der Waals surface area contributed by atoms with Crippen molar-refractivity contribution in [3.05, 3.63) is 9.47 Å². The summed E-state index contributed by atoms with van der Waals surface area (Å²) in [7, 11) is 0. The molecule has 1 heterocycles. The van der Waals surface area contributed by atoms with Crippen molar-refractivity contribution in [3.63, 3.8) is 0 Å². The van der Waals surface area contributed by atoms with Gasteiger partial charge < -0.3 is 10.4 Å². The van der Waals surface area contributed by atoms with Gasteiger partial charge >= 0.3 is 0 Å². The highest BCUT2D eigenvalue weighted by Crippen LogP contribution is 2.24. The monoisotopic (exact) mass is 261 g/mol. The Hall–Kier alpha value is -0.720. The van der Waals surface area contributed by atoms with Crippen molar-refractivity contribution in [2.75, 3.05) is 6.54 Å². The summed E-state index contributed by atoms with van der Waals surface area (Å²) in [6.45, 7) is 0.576. The zero-order valence-electron chi connectivity index (χ0n) is 8.52. The maximum Gasteiger partial charge on any atom is 0.282 e. The molecule has 2 atom stereocenters. The quantitative estimate of drug-likeness (QED) is 0.854. The van der Waals surface area contributed by atoms with E-state index in [1.165, 1.54) is 0 Å². The number of carbonyl (C=O) groups excluding carboxylic acids is 1. The van der Waals surface area contributed by atoms with Gasteiger partial charge in [0.25, 0.3) is 5.91 Å². The minimum atomic E-state index is -0.245. The standard InChI is InChI=1S/C9H12ClN3O2S/c10-9-13-12-8(16-9)7(15)11-4-5-1-2-6(14)3-5/h5-6,14H,1-4H2,(H,11,15). The predicted octanol–water partition coefficient (Wildman–Crippen LogP) is 1.08. The number of carbonyl (C=O) groups is 1. The zero-order valence-corrected chi connectivity index (χ0v) is 10.1. The minimum absolute atomic E-state index is 0.210. The lowest BCUT2D eigenvalue weighted by Crippen LogP contribution is -2.28. The highest BCUT2D eigenvalue weighted by atomic mass is 35.5. The molecule has 0 aromatic carbocycles. The lowest BCUT2D eigenvalue weighted by atomic mass is 10.1. The first-order valence-corrected chi connectivity index (χ1v) is 6.30. The van der Waals surface area contributed by atoms with Crippen molar-refractivity contribution in [1.29, 1.82) is 0 Å². The van der Waals surface area contributed by atoms with E-state index < -0.39 is 0 Å². The highest BCUT2D eigenvalue weighted by Gasteiger charge is 2.23. The molecule has 0 aliphatic heterocycles. The van der Waals surface area contributed by atoms with Crippen LogP contribution in [-0.4, -0.2) is 33.9 Å². The number of aliphatic hydroxyl groups is 1. The fourth-order valence-electron chi connectivity index (χ4n) is 1.84. The van der Waals surface area contributed by atoms with Crippen molar-refractivity contribution in [2.45, 2.75) is 25.4 Å². The first-order chi connectivity index (χ1) is 7.65. The molecule has 0 bridgehead atoms. The van der Waals surface area contributed by atoms with Crippen LogP contribution >= 0.6 is 22.9 Å². The zero-order chi connectivity index (χ0) is 11.5. The Morgan fingerprint density at radius 1 is 1.56 bits per heavy atom. The van der Waals surface area contributed by atoms with Crippen LogP contribution in [0, 0.1) is 5.92 Å². The molecule has 16 heavy (non-hydrogen) atoms. The van der Waals surface area contributed by atoms with Gasteiger partial charge in [-0.15, -0.1) is 10.2 Å². The molecule has 2 N–H and O–H groups in total. The summed E-state index contributed by atoms with van der Waals surface area (Å²) in [6.07, 6.45) is 2.33. The second-order valence-electron chi connectivity index (χ2n) is 3.90. The van der Waals surface area contributed by atoms with Crippen LogP contribution in [0.4, 0.5) is 0 Å². The van der Waals surface area contributed by atoms with E-state index in [2.05, 4.69) is 15.5 Å². The number of halogens is 1. The summed E-state index contributed by atoms with van der Waals surface area (Å²) >= 11 is 6.64. The molecule has 1 aromatic rings. The van der Waals surface area contributed by atoms with Gasteiger partial charge in [-0.3, -0.25) is 4.79 Å². The Morgan fingerprint density at radius 3 is 2.94 bits per heavy atom. The van der Waals surface area contributed by atoms with Crippen molar-refractivity contribution in [3.8, 4) is 0 Å². The Kier molecular flexibility index (Phi) is 3.73. The maximum atomic E-state index is 11.6. The van der Waals surface area contributed by atoms with Crippen molar-refractivity contribution in [2.24, 2.45) is 5.92 Å². The van der Waals surface area contributed by atoms with Crippen LogP contribution < -0.4 is 5.32 Å². The fraction of sp³-hybridized carbons (Fsp3) is 0.667. The number of nitrogens with zero attached hydrogens (tertiary/aromatic N) is 2. The Labute approximate surface area is 102 Å². The smallest absolute Gasteiger partial charge is 0.282 e. The number of amides is 1. The summed E-state index contributed by atoms with van der Waals surface area (Å²) in [5.74, 6) is 0.119. The summed E-state index contributed by atoms with van der Waals surface area (Å²) in [5, 5.41) is 19.6. The van der Waals surface area contributed by atoms with Crippen molar-refractivity contribution < 1.29 is 9.90 Å². The van der Waals surface area contributed by atoms with Gasteiger partial charge in [0, 0.05) is 6.54 Å². The first kappa shape index (κ1) is 11.8. The first-order valence-electron chi connectivity index (χ1n) is 5.10. The van der Waals surface area contributed by atoms with Crippen molar-refractivity contribution >= 4 is 28.8 Å². The van der Waals surface area contributed by atoms with E-state index in [0.717, 1.165) is 30.6 Å². The van der Waals surface area contributed by atoms with Gasteiger partial charge in [0.15, 0.2) is 0 Å². The van der Waals surface area contributed by atoms with E-state index >= 15 is 0 Å². The minimum Gasteiger partial charge on any atom is -0.393 e. The van der Waals surface area contributed by atoms with Crippen LogP contribution in [0.25, 0.3) is 0 Å². The molecule has 0 spiro atoms. The third-order valence-corrected chi connectivity index (χ3v) is 3.68. The van der Waals surface area contributed by atoms with Crippen LogP contribution in [0.3, 0.4) is 0 Å². The lowest BCUT2D eigenvalue weighted by molar-refractivity contribution is 0.0944. The van der Waals surface area contributed by atoms with Gasteiger partial charge in [-0.2, -0.15) is 0 Å². The third kappa shape index (κ3) is 2.90. The summed E-state index contributed by atoms with van der Waals surface area (Å²) in [4.78, 5) is 11.6. The van der Waals surface area contributed by atoms with E-state index in [-0.39, 0.29) is 21.5 Å². The summed E-state index contributed by atoms with van der Waals surface area (Å²) in [6, 6.07) is 0. The third-order valence-electron chi connectivity index (χ3n) is 2.66. The Bertz CT molecular complexity index is 385. The van der Waals surface area contributed by atoms with E-state index in [4.69, 9.17) is 11.6 Å². The molecular formula is C9H12ClN3O2S. The number of aromatic nitrogens is 2. The van der Waals surface area contributed by atoms with E-state index in [9.17, 15) is 9.90 Å².